The fourth-order valence-corrected chi connectivity index (χ4v) is 4.01. The van der Waals surface area contributed by atoms with E-state index in [1.165, 1.54) is 0 Å². The van der Waals surface area contributed by atoms with Crippen molar-refractivity contribution in [3.8, 4) is 11.1 Å². The van der Waals surface area contributed by atoms with Crippen LogP contribution in [0.5, 0.6) is 0 Å². The molecule has 0 saturated carbocycles. The molecular weight excluding hydrogens is 465 g/mol. The molecule has 2 aromatic carbocycles. The van der Waals surface area contributed by atoms with Gasteiger partial charge in [-0.1, -0.05) is 54.6 Å². The van der Waals surface area contributed by atoms with Crippen molar-refractivity contribution in [1.29, 1.82) is 0 Å². The maximum absolute atomic E-state index is 13.3. The SMILES string of the molecule is O=C(O)/C=C/CNC(=O)CC(CCNC(=O)OCC1c2ccccc2-c2ccccc21)C(F)(F)F. The Balaban J connectivity index is 1.48. The first-order valence-electron chi connectivity index (χ1n) is 11.0. The van der Waals surface area contributed by atoms with Gasteiger partial charge in [0.05, 0.1) is 5.92 Å². The first-order valence-corrected chi connectivity index (χ1v) is 11.0. The number of carboxylic acid groups (broad SMARTS) is 1. The number of carboxylic acids is 1. The molecule has 0 aliphatic heterocycles. The normalized spacial score (nSPS) is 13.7. The summed E-state index contributed by atoms with van der Waals surface area (Å²) in [6, 6.07) is 15.5. The van der Waals surface area contributed by atoms with Gasteiger partial charge >= 0.3 is 18.2 Å². The van der Waals surface area contributed by atoms with Crippen molar-refractivity contribution in [2.75, 3.05) is 19.7 Å². The number of rotatable bonds is 10. The molecule has 186 valence electrons. The minimum atomic E-state index is -4.64. The van der Waals surface area contributed by atoms with E-state index in [9.17, 15) is 27.6 Å². The van der Waals surface area contributed by atoms with Gasteiger partial charge < -0.3 is 20.5 Å². The molecule has 0 fully saturated rings. The molecule has 10 heteroatoms. The third-order valence-electron chi connectivity index (χ3n) is 5.68. The van der Waals surface area contributed by atoms with Gasteiger partial charge in [-0.15, -0.1) is 0 Å². The van der Waals surface area contributed by atoms with Crippen LogP contribution < -0.4 is 10.6 Å². The summed E-state index contributed by atoms with van der Waals surface area (Å²) in [5, 5.41) is 13.0. The molecule has 0 radical (unpaired) electrons. The van der Waals surface area contributed by atoms with E-state index < -0.39 is 42.9 Å². The van der Waals surface area contributed by atoms with Crippen LogP contribution in [0.15, 0.2) is 60.7 Å². The first-order chi connectivity index (χ1) is 16.7. The number of aliphatic carboxylic acids is 1. The number of carbonyl (C=O) groups excluding carboxylic acids is 2. The van der Waals surface area contributed by atoms with Crippen molar-refractivity contribution >= 4 is 18.0 Å². The fraction of sp³-hybridized carbons (Fsp3) is 0.320. The summed E-state index contributed by atoms with van der Waals surface area (Å²) in [4.78, 5) is 34.3. The van der Waals surface area contributed by atoms with E-state index in [1.807, 2.05) is 48.5 Å². The summed E-state index contributed by atoms with van der Waals surface area (Å²) in [7, 11) is 0. The number of nitrogens with one attached hydrogen (secondary N) is 2. The van der Waals surface area contributed by atoms with E-state index >= 15 is 0 Å². The molecular formula is C25H25F3N2O5. The lowest BCUT2D eigenvalue weighted by molar-refractivity contribution is -0.180. The van der Waals surface area contributed by atoms with Gasteiger partial charge in [0.2, 0.25) is 5.91 Å². The minimum Gasteiger partial charge on any atom is -0.478 e. The molecule has 0 heterocycles. The third-order valence-corrected chi connectivity index (χ3v) is 5.68. The van der Waals surface area contributed by atoms with Crippen LogP contribution in [0, 0.1) is 5.92 Å². The Hall–Kier alpha value is -3.82. The van der Waals surface area contributed by atoms with Crippen LogP contribution >= 0.6 is 0 Å². The van der Waals surface area contributed by atoms with E-state index in [2.05, 4.69) is 10.6 Å². The molecule has 2 amide bonds. The number of halogens is 3. The van der Waals surface area contributed by atoms with E-state index in [4.69, 9.17) is 9.84 Å². The Kier molecular flexibility index (Phi) is 8.51. The molecule has 2 aromatic rings. The molecule has 3 N–H and O–H groups in total. The standard InChI is InChI=1S/C25H25F3N2O5/c26-25(27,28)16(14-22(31)29-12-5-10-23(32)33)11-13-30-24(34)35-15-21-19-8-3-1-6-17(19)18-7-2-4-9-20(18)21/h1-10,16,21H,11-15H2,(H,29,31)(H,30,34)(H,32,33)/b10-5+. The lowest BCUT2D eigenvalue weighted by atomic mass is 9.98. The zero-order chi connectivity index (χ0) is 25.4. The summed E-state index contributed by atoms with van der Waals surface area (Å²) in [5.41, 5.74) is 4.15. The summed E-state index contributed by atoms with van der Waals surface area (Å²) in [6.07, 6.45) is -4.93. The largest absolute Gasteiger partial charge is 0.478 e. The van der Waals surface area contributed by atoms with Crippen molar-refractivity contribution < 1.29 is 37.4 Å². The van der Waals surface area contributed by atoms with Crippen LogP contribution in [0.3, 0.4) is 0 Å². The Morgan fingerprint density at radius 1 is 1.00 bits per heavy atom. The topological polar surface area (TPSA) is 105 Å². The number of hydrogen-bond acceptors (Lipinski definition) is 4. The molecule has 0 bridgehead atoms. The Morgan fingerprint density at radius 2 is 1.60 bits per heavy atom. The average Bonchev–Trinajstić information content (AvgIpc) is 3.13. The molecule has 0 saturated heterocycles. The molecule has 3 rings (SSSR count). The Labute approximate surface area is 200 Å². The van der Waals surface area contributed by atoms with Crippen molar-refractivity contribution in [3.05, 3.63) is 71.8 Å². The van der Waals surface area contributed by atoms with Crippen molar-refractivity contribution in [2.24, 2.45) is 5.92 Å². The second kappa shape index (κ2) is 11.5. The summed E-state index contributed by atoms with van der Waals surface area (Å²) in [6.45, 7) is -0.490. The van der Waals surface area contributed by atoms with Crippen molar-refractivity contribution in [2.45, 2.75) is 24.9 Å². The van der Waals surface area contributed by atoms with E-state index in [1.54, 1.807) is 0 Å². The second-order valence-electron chi connectivity index (χ2n) is 8.03. The van der Waals surface area contributed by atoms with Crippen molar-refractivity contribution in [3.63, 3.8) is 0 Å². The number of amides is 2. The van der Waals surface area contributed by atoms with Gasteiger partial charge in [-0.25, -0.2) is 9.59 Å². The summed E-state index contributed by atoms with van der Waals surface area (Å²) < 4.78 is 45.3. The average molecular weight is 490 g/mol. The van der Waals surface area contributed by atoms with Gasteiger partial charge in [-0.2, -0.15) is 13.2 Å². The van der Waals surface area contributed by atoms with E-state index in [-0.39, 0.29) is 25.6 Å². The molecule has 1 aliphatic rings. The highest BCUT2D eigenvalue weighted by molar-refractivity contribution is 5.80. The summed E-state index contributed by atoms with van der Waals surface area (Å²) in [5.74, 6) is -4.25. The number of alkyl halides is 3. The monoisotopic (exact) mass is 490 g/mol. The van der Waals surface area contributed by atoms with Crippen LogP contribution in [0.25, 0.3) is 11.1 Å². The highest BCUT2D eigenvalue weighted by Gasteiger charge is 2.40. The van der Waals surface area contributed by atoms with Gasteiger partial charge in [0.25, 0.3) is 0 Å². The van der Waals surface area contributed by atoms with Gasteiger partial charge in [-0.3, -0.25) is 4.79 Å². The van der Waals surface area contributed by atoms with E-state index in [0.29, 0.717) is 0 Å². The lowest BCUT2D eigenvalue weighted by Gasteiger charge is -2.20. The molecule has 0 aromatic heterocycles. The van der Waals surface area contributed by atoms with Crippen LogP contribution in [0.2, 0.25) is 0 Å². The van der Waals surface area contributed by atoms with Crippen LogP contribution in [-0.4, -0.2) is 48.9 Å². The molecule has 0 spiro atoms. The van der Waals surface area contributed by atoms with Crippen molar-refractivity contribution in [1.82, 2.24) is 10.6 Å². The fourth-order valence-electron chi connectivity index (χ4n) is 4.01. The quantitative estimate of drug-likeness (QED) is 0.432. The zero-order valence-electron chi connectivity index (χ0n) is 18.7. The molecule has 1 atom stereocenters. The summed E-state index contributed by atoms with van der Waals surface area (Å²) >= 11 is 0. The number of hydrogen-bond donors (Lipinski definition) is 3. The number of fused-ring (bicyclic) bond motifs is 3. The lowest BCUT2D eigenvalue weighted by Crippen LogP contribution is -2.35. The Bertz CT molecular complexity index is 1060. The minimum absolute atomic E-state index is 0.0365. The van der Waals surface area contributed by atoms with Crippen LogP contribution in [0.4, 0.5) is 18.0 Å². The smallest absolute Gasteiger partial charge is 0.407 e. The number of carbonyl (C=O) groups is 3. The van der Waals surface area contributed by atoms with E-state index in [0.717, 1.165) is 34.4 Å². The number of ether oxygens (including phenoxy) is 1. The van der Waals surface area contributed by atoms with Gasteiger partial charge in [0.1, 0.15) is 6.61 Å². The second-order valence-corrected chi connectivity index (χ2v) is 8.03. The predicted octanol–water partition coefficient (Wildman–Crippen LogP) is 4.24. The molecule has 7 nitrogen and oxygen atoms in total. The van der Waals surface area contributed by atoms with Gasteiger partial charge in [-0.05, 0) is 28.7 Å². The highest BCUT2D eigenvalue weighted by atomic mass is 19.4. The highest BCUT2D eigenvalue weighted by Crippen LogP contribution is 2.44. The molecule has 1 aliphatic carbocycles. The molecule has 1 unspecified atom stereocenters. The maximum Gasteiger partial charge on any atom is 0.407 e. The first kappa shape index (κ1) is 25.8. The third kappa shape index (κ3) is 7.08. The van der Waals surface area contributed by atoms with Crippen LogP contribution in [0.1, 0.15) is 29.9 Å². The number of alkyl carbamates (subject to hydrolysis) is 1. The van der Waals surface area contributed by atoms with Gasteiger partial charge in [0.15, 0.2) is 0 Å². The van der Waals surface area contributed by atoms with Crippen LogP contribution in [-0.2, 0) is 14.3 Å². The zero-order valence-corrected chi connectivity index (χ0v) is 18.7. The maximum atomic E-state index is 13.3. The number of benzene rings is 2. The molecule has 35 heavy (non-hydrogen) atoms. The Morgan fingerprint density at radius 3 is 2.17 bits per heavy atom. The predicted molar refractivity (Wildman–Crippen MR) is 122 cm³/mol. The van der Waals surface area contributed by atoms with Gasteiger partial charge in [0, 0.05) is 31.5 Å².